The summed E-state index contributed by atoms with van der Waals surface area (Å²) in [4.78, 5) is 26.1. The summed E-state index contributed by atoms with van der Waals surface area (Å²) in [6.07, 6.45) is 2.91. The van der Waals surface area contributed by atoms with Crippen molar-refractivity contribution in [1.29, 1.82) is 0 Å². The summed E-state index contributed by atoms with van der Waals surface area (Å²) in [6.45, 7) is 4.72. The van der Waals surface area contributed by atoms with Crippen molar-refractivity contribution in [2.24, 2.45) is 7.05 Å². The van der Waals surface area contributed by atoms with Crippen LogP contribution in [0.1, 0.15) is 54.2 Å². The van der Waals surface area contributed by atoms with Gasteiger partial charge in [-0.05, 0) is 45.1 Å². The number of aromatic nitrogens is 2. The zero-order valence-corrected chi connectivity index (χ0v) is 17.4. The Morgan fingerprint density at radius 3 is 2.62 bits per heavy atom. The number of carboxylic acids is 1. The number of nitrogens with zero attached hydrogens (tertiary/aromatic N) is 3. The van der Waals surface area contributed by atoms with Gasteiger partial charge in [-0.1, -0.05) is 30.3 Å². The van der Waals surface area contributed by atoms with Gasteiger partial charge >= 0.3 is 12.0 Å². The van der Waals surface area contributed by atoms with Gasteiger partial charge in [-0.2, -0.15) is 5.10 Å². The smallest absolute Gasteiger partial charge is 0.318 e. The molecule has 1 saturated heterocycles. The Kier molecular flexibility index (Phi) is 6.56. The van der Waals surface area contributed by atoms with E-state index in [0.29, 0.717) is 19.4 Å². The lowest BCUT2D eigenvalue weighted by Crippen LogP contribution is -2.45. The Hall–Kier alpha value is -2.83. The topological polar surface area (TPSA) is 87.5 Å². The monoisotopic (exact) mass is 398 g/mol. The summed E-state index contributed by atoms with van der Waals surface area (Å²) in [5, 5.41) is 16.7. The van der Waals surface area contributed by atoms with Crippen LogP contribution in [-0.2, 0) is 18.3 Å². The van der Waals surface area contributed by atoms with Gasteiger partial charge in [0, 0.05) is 37.3 Å². The van der Waals surface area contributed by atoms with Crippen molar-refractivity contribution in [2.75, 3.05) is 6.54 Å². The van der Waals surface area contributed by atoms with Gasteiger partial charge in [0.2, 0.25) is 0 Å². The first-order chi connectivity index (χ1) is 13.9. The largest absolute Gasteiger partial charge is 0.481 e. The van der Waals surface area contributed by atoms with Gasteiger partial charge in [-0.25, -0.2) is 4.79 Å². The fourth-order valence-corrected chi connectivity index (χ4v) is 4.26. The predicted molar refractivity (Wildman–Crippen MR) is 111 cm³/mol. The number of hydrogen-bond donors (Lipinski definition) is 2. The molecule has 2 atom stereocenters. The normalized spacial score (nSPS) is 17.3. The van der Waals surface area contributed by atoms with Crippen LogP contribution in [0.25, 0.3) is 0 Å². The number of nitrogens with one attached hydrogen (secondary N) is 1. The third-order valence-corrected chi connectivity index (χ3v) is 5.77. The molecule has 7 nitrogen and oxygen atoms in total. The lowest BCUT2D eigenvalue weighted by molar-refractivity contribution is -0.137. The molecule has 1 aromatic carbocycles. The van der Waals surface area contributed by atoms with E-state index < -0.39 is 5.97 Å². The lowest BCUT2D eigenvalue weighted by Gasteiger charge is -2.28. The SMILES string of the molecule is Cc1nn(C)c(C)c1C1CCCN1C(=O)NC(CCC(=O)O)Cc1ccccc1. The number of carbonyl (C=O) groups excluding carboxylic acids is 1. The molecule has 3 rings (SSSR count). The van der Waals surface area contributed by atoms with E-state index in [1.54, 1.807) is 0 Å². The number of benzene rings is 1. The molecule has 1 aliphatic heterocycles. The van der Waals surface area contributed by atoms with Gasteiger partial charge in [-0.3, -0.25) is 9.48 Å². The van der Waals surface area contributed by atoms with E-state index in [-0.39, 0.29) is 24.5 Å². The molecule has 2 N–H and O–H groups in total. The van der Waals surface area contributed by atoms with Crippen molar-refractivity contribution in [3.63, 3.8) is 0 Å². The fraction of sp³-hybridized carbons (Fsp3) is 0.500. The molecule has 1 aliphatic rings. The highest BCUT2D eigenvalue weighted by atomic mass is 16.4. The van der Waals surface area contributed by atoms with E-state index in [9.17, 15) is 9.59 Å². The van der Waals surface area contributed by atoms with Gasteiger partial charge < -0.3 is 15.3 Å². The molecule has 0 radical (unpaired) electrons. The van der Waals surface area contributed by atoms with Crippen molar-refractivity contribution in [3.8, 4) is 0 Å². The Labute approximate surface area is 171 Å². The van der Waals surface area contributed by atoms with Crippen LogP contribution in [0.3, 0.4) is 0 Å². The number of aliphatic carboxylic acids is 1. The lowest BCUT2D eigenvalue weighted by atomic mass is 10.0. The summed E-state index contributed by atoms with van der Waals surface area (Å²) >= 11 is 0. The van der Waals surface area contributed by atoms with E-state index in [1.165, 1.54) is 0 Å². The Bertz CT molecular complexity index is 862. The average molecular weight is 399 g/mol. The minimum atomic E-state index is -0.849. The van der Waals surface area contributed by atoms with Crippen LogP contribution in [0.5, 0.6) is 0 Å². The van der Waals surface area contributed by atoms with Gasteiger partial charge in [0.05, 0.1) is 11.7 Å². The van der Waals surface area contributed by atoms with Gasteiger partial charge in [0.1, 0.15) is 0 Å². The summed E-state index contributed by atoms with van der Waals surface area (Å²) in [5.41, 5.74) is 4.26. The molecule has 2 amide bonds. The molecule has 0 bridgehead atoms. The quantitative estimate of drug-likeness (QED) is 0.749. The highest BCUT2D eigenvalue weighted by Crippen LogP contribution is 2.35. The Morgan fingerprint density at radius 2 is 2.00 bits per heavy atom. The van der Waals surface area contributed by atoms with E-state index in [2.05, 4.69) is 10.4 Å². The number of rotatable bonds is 7. The molecule has 2 heterocycles. The van der Waals surface area contributed by atoms with Crippen LogP contribution < -0.4 is 5.32 Å². The molecule has 2 aromatic rings. The van der Waals surface area contributed by atoms with E-state index in [1.807, 2.05) is 60.8 Å². The Balaban J connectivity index is 1.74. The number of hydrogen-bond acceptors (Lipinski definition) is 3. The number of aryl methyl sites for hydroxylation is 2. The van der Waals surface area contributed by atoms with Crippen LogP contribution in [0.15, 0.2) is 30.3 Å². The van der Waals surface area contributed by atoms with E-state index in [4.69, 9.17) is 5.11 Å². The second kappa shape index (κ2) is 9.11. The fourth-order valence-electron chi connectivity index (χ4n) is 4.26. The minimum absolute atomic E-state index is 0.0144. The van der Waals surface area contributed by atoms with E-state index >= 15 is 0 Å². The van der Waals surface area contributed by atoms with Gasteiger partial charge in [-0.15, -0.1) is 0 Å². The molecule has 29 heavy (non-hydrogen) atoms. The van der Waals surface area contributed by atoms with Crippen molar-refractivity contribution in [1.82, 2.24) is 20.0 Å². The summed E-state index contributed by atoms with van der Waals surface area (Å²) in [7, 11) is 1.92. The van der Waals surface area contributed by atoms with Crippen molar-refractivity contribution in [2.45, 2.75) is 58.0 Å². The van der Waals surface area contributed by atoms with Crippen molar-refractivity contribution >= 4 is 12.0 Å². The van der Waals surface area contributed by atoms with Crippen LogP contribution in [0.2, 0.25) is 0 Å². The molecule has 1 aromatic heterocycles. The van der Waals surface area contributed by atoms with Crippen LogP contribution in [0.4, 0.5) is 4.79 Å². The first-order valence-corrected chi connectivity index (χ1v) is 10.2. The summed E-state index contributed by atoms with van der Waals surface area (Å²) in [5.74, 6) is -0.849. The molecule has 0 spiro atoms. The molecular weight excluding hydrogens is 368 g/mol. The number of urea groups is 1. The highest BCUT2D eigenvalue weighted by Gasteiger charge is 2.34. The van der Waals surface area contributed by atoms with Crippen LogP contribution in [-0.4, -0.2) is 44.4 Å². The van der Waals surface area contributed by atoms with Gasteiger partial charge in [0.15, 0.2) is 0 Å². The molecule has 2 unspecified atom stereocenters. The molecule has 7 heteroatoms. The number of carbonyl (C=O) groups is 2. The maximum absolute atomic E-state index is 13.1. The number of likely N-dealkylation sites (tertiary alicyclic amines) is 1. The first-order valence-electron chi connectivity index (χ1n) is 10.2. The molecule has 1 fully saturated rings. The maximum Gasteiger partial charge on any atom is 0.318 e. The highest BCUT2D eigenvalue weighted by molar-refractivity contribution is 5.76. The first kappa shape index (κ1) is 20.9. The number of carboxylic acid groups (broad SMARTS) is 1. The Morgan fingerprint density at radius 1 is 1.28 bits per heavy atom. The average Bonchev–Trinajstić information content (AvgIpc) is 3.25. The maximum atomic E-state index is 13.1. The standard InChI is InChI=1S/C22H30N4O3/c1-15-21(16(2)25(3)24-15)19-10-7-13-26(19)22(29)23-18(11-12-20(27)28)14-17-8-5-4-6-9-17/h4-6,8-9,18-19H,7,10-14H2,1-3H3,(H,23,29)(H,27,28). The van der Waals surface area contributed by atoms with Crippen molar-refractivity contribution in [3.05, 3.63) is 52.8 Å². The summed E-state index contributed by atoms with van der Waals surface area (Å²) < 4.78 is 1.87. The molecule has 0 saturated carbocycles. The zero-order valence-electron chi connectivity index (χ0n) is 17.4. The zero-order chi connectivity index (χ0) is 21.0. The molecule has 0 aliphatic carbocycles. The summed E-state index contributed by atoms with van der Waals surface area (Å²) in [6, 6.07) is 9.52. The molecule has 156 valence electrons. The second-order valence-corrected chi connectivity index (χ2v) is 7.83. The van der Waals surface area contributed by atoms with Crippen LogP contribution in [0, 0.1) is 13.8 Å². The third-order valence-electron chi connectivity index (χ3n) is 5.77. The number of amides is 2. The predicted octanol–water partition coefficient (Wildman–Crippen LogP) is 3.36. The molecular formula is C22H30N4O3. The van der Waals surface area contributed by atoms with Gasteiger partial charge in [0.25, 0.3) is 0 Å². The minimum Gasteiger partial charge on any atom is -0.481 e. The van der Waals surface area contributed by atoms with E-state index in [0.717, 1.165) is 35.4 Å². The van der Waals surface area contributed by atoms with Crippen molar-refractivity contribution < 1.29 is 14.7 Å². The second-order valence-electron chi connectivity index (χ2n) is 7.83. The third kappa shape index (κ3) is 4.96. The van der Waals surface area contributed by atoms with Crippen LogP contribution >= 0.6 is 0 Å².